The van der Waals surface area contributed by atoms with Crippen molar-refractivity contribution in [1.82, 2.24) is 9.88 Å². The smallest absolute Gasteiger partial charge is 0.241 e. The molecular formula is C15H16BrN3O. The van der Waals surface area contributed by atoms with Crippen molar-refractivity contribution >= 4 is 38.4 Å². The predicted molar refractivity (Wildman–Crippen MR) is 83.7 cm³/mol. The molecule has 0 radical (unpaired) electrons. The van der Waals surface area contributed by atoms with Gasteiger partial charge in [-0.25, -0.2) is 0 Å². The lowest BCUT2D eigenvalue weighted by Gasteiger charge is -2.17. The Hall–Kier alpha value is -1.62. The maximum atomic E-state index is 12.0. The number of amides is 1. The number of pyridine rings is 1. The number of carbonyl (C=O) groups excluding carboxylic acids is 1. The first-order valence-corrected chi connectivity index (χ1v) is 7.48. The molecule has 1 N–H and O–H groups in total. The molecular weight excluding hydrogens is 318 g/mol. The lowest BCUT2D eigenvalue weighted by Crippen LogP contribution is -2.33. The Morgan fingerprint density at radius 3 is 3.05 bits per heavy atom. The van der Waals surface area contributed by atoms with Crippen LogP contribution in [0.3, 0.4) is 0 Å². The van der Waals surface area contributed by atoms with E-state index in [1.54, 1.807) is 6.20 Å². The number of para-hydroxylation sites is 1. The Morgan fingerprint density at radius 2 is 2.30 bits per heavy atom. The highest BCUT2D eigenvalue weighted by atomic mass is 79.9. The summed E-state index contributed by atoms with van der Waals surface area (Å²) in [5.41, 5.74) is 1.78. The average Bonchev–Trinajstić information content (AvgIpc) is 3.28. The van der Waals surface area contributed by atoms with Crippen molar-refractivity contribution in [2.45, 2.75) is 18.9 Å². The highest BCUT2D eigenvalue weighted by Gasteiger charge is 2.29. The van der Waals surface area contributed by atoms with E-state index in [0.717, 1.165) is 33.9 Å². The molecule has 1 aliphatic carbocycles. The standard InChI is InChI=1S/C15H16BrN3O/c1-19(12-5-6-12)14(20)9-17-13-4-2-3-10-7-11(16)8-18-15(10)13/h2-4,7-8,12,17H,5-6,9H2,1H3. The van der Waals surface area contributed by atoms with Crippen LogP contribution < -0.4 is 5.32 Å². The molecule has 5 heteroatoms. The molecule has 3 rings (SSSR count). The minimum atomic E-state index is 0.126. The number of fused-ring (bicyclic) bond motifs is 1. The second-order valence-corrected chi connectivity index (χ2v) is 6.04. The fraction of sp³-hybridized carbons (Fsp3) is 0.333. The number of nitrogens with one attached hydrogen (secondary N) is 1. The van der Waals surface area contributed by atoms with Crippen LogP contribution in [0.5, 0.6) is 0 Å². The number of rotatable bonds is 4. The lowest BCUT2D eigenvalue weighted by atomic mass is 10.2. The molecule has 0 spiro atoms. The van der Waals surface area contributed by atoms with Gasteiger partial charge in [0.15, 0.2) is 0 Å². The lowest BCUT2D eigenvalue weighted by molar-refractivity contribution is -0.128. The van der Waals surface area contributed by atoms with Gasteiger partial charge in [0.25, 0.3) is 0 Å². The first kappa shape index (κ1) is 13.4. The van der Waals surface area contributed by atoms with Crippen molar-refractivity contribution in [1.29, 1.82) is 0 Å². The highest BCUT2D eigenvalue weighted by Crippen LogP contribution is 2.26. The number of nitrogens with zero attached hydrogens (tertiary/aromatic N) is 2. The molecule has 0 unspecified atom stereocenters. The van der Waals surface area contributed by atoms with E-state index >= 15 is 0 Å². The maximum absolute atomic E-state index is 12.0. The quantitative estimate of drug-likeness (QED) is 0.935. The number of aromatic nitrogens is 1. The molecule has 0 atom stereocenters. The largest absolute Gasteiger partial charge is 0.374 e. The zero-order chi connectivity index (χ0) is 14.1. The van der Waals surface area contributed by atoms with Gasteiger partial charge in [-0.05, 0) is 40.9 Å². The fourth-order valence-electron chi connectivity index (χ4n) is 2.24. The van der Waals surface area contributed by atoms with E-state index in [4.69, 9.17) is 0 Å². The van der Waals surface area contributed by atoms with Crippen molar-refractivity contribution in [2.75, 3.05) is 18.9 Å². The number of likely N-dealkylation sites (N-methyl/N-ethyl adjacent to an activating group) is 1. The highest BCUT2D eigenvalue weighted by molar-refractivity contribution is 9.10. The summed E-state index contributed by atoms with van der Waals surface area (Å²) in [4.78, 5) is 18.3. The van der Waals surface area contributed by atoms with E-state index in [1.807, 2.05) is 36.2 Å². The van der Waals surface area contributed by atoms with E-state index in [2.05, 4.69) is 26.2 Å². The average molecular weight is 334 g/mol. The Bertz CT molecular complexity index is 655. The number of benzene rings is 1. The van der Waals surface area contributed by atoms with Crippen LogP contribution in [0.25, 0.3) is 10.9 Å². The normalized spacial score (nSPS) is 14.3. The van der Waals surface area contributed by atoms with Crippen LogP contribution in [0.2, 0.25) is 0 Å². The summed E-state index contributed by atoms with van der Waals surface area (Å²) in [6.07, 6.45) is 4.03. The van der Waals surface area contributed by atoms with E-state index in [-0.39, 0.29) is 5.91 Å². The summed E-state index contributed by atoms with van der Waals surface area (Å²) >= 11 is 3.42. The molecule has 104 valence electrons. The maximum Gasteiger partial charge on any atom is 0.241 e. The zero-order valence-corrected chi connectivity index (χ0v) is 12.9. The Balaban J connectivity index is 1.75. The zero-order valence-electron chi connectivity index (χ0n) is 11.3. The predicted octanol–water partition coefficient (Wildman–Crippen LogP) is 3.03. The molecule has 2 aromatic rings. The summed E-state index contributed by atoms with van der Waals surface area (Å²) in [6.45, 7) is 0.309. The van der Waals surface area contributed by atoms with Crippen LogP contribution in [0.15, 0.2) is 34.9 Å². The van der Waals surface area contributed by atoms with Gasteiger partial charge in [-0.15, -0.1) is 0 Å². The third-order valence-corrected chi connectivity index (χ3v) is 4.03. The molecule has 1 aliphatic rings. The molecule has 0 aliphatic heterocycles. The first-order valence-electron chi connectivity index (χ1n) is 6.69. The summed E-state index contributed by atoms with van der Waals surface area (Å²) in [6, 6.07) is 8.40. The fourth-order valence-corrected chi connectivity index (χ4v) is 2.59. The number of hydrogen-bond acceptors (Lipinski definition) is 3. The Labute approximate surface area is 126 Å². The number of anilines is 1. The topological polar surface area (TPSA) is 45.2 Å². The van der Waals surface area contributed by atoms with Crippen molar-refractivity contribution in [3.8, 4) is 0 Å². The van der Waals surface area contributed by atoms with Gasteiger partial charge in [-0.2, -0.15) is 0 Å². The van der Waals surface area contributed by atoms with E-state index in [0.29, 0.717) is 12.6 Å². The first-order chi connectivity index (χ1) is 9.65. The minimum Gasteiger partial charge on any atom is -0.374 e. The summed E-state index contributed by atoms with van der Waals surface area (Å²) < 4.78 is 0.951. The minimum absolute atomic E-state index is 0.126. The van der Waals surface area contributed by atoms with E-state index in [9.17, 15) is 4.79 Å². The van der Waals surface area contributed by atoms with Crippen molar-refractivity contribution < 1.29 is 4.79 Å². The summed E-state index contributed by atoms with van der Waals surface area (Å²) in [5.74, 6) is 0.126. The molecule has 0 bridgehead atoms. The second kappa shape index (κ2) is 5.40. The van der Waals surface area contributed by atoms with Gasteiger partial charge in [-0.1, -0.05) is 12.1 Å². The third-order valence-electron chi connectivity index (χ3n) is 3.60. The van der Waals surface area contributed by atoms with Crippen molar-refractivity contribution in [2.24, 2.45) is 0 Å². The Morgan fingerprint density at radius 1 is 1.50 bits per heavy atom. The summed E-state index contributed by atoms with van der Waals surface area (Å²) in [5, 5.41) is 4.25. The van der Waals surface area contributed by atoms with Gasteiger partial charge in [0.2, 0.25) is 5.91 Å². The van der Waals surface area contributed by atoms with E-state index in [1.165, 1.54) is 0 Å². The van der Waals surface area contributed by atoms with Crippen LogP contribution in [0.4, 0.5) is 5.69 Å². The van der Waals surface area contributed by atoms with Crippen LogP contribution in [0.1, 0.15) is 12.8 Å². The van der Waals surface area contributed by atoms with Crippen LogP contribution in [-0.2, 0) is 4.79 Å². The van der Waals surface area contributed by atoms with Gasteiger partial charge in [0.05, 0.1) is 17.7 Å². The van der Waals surface area contributed by atoms with Crippen molar-refractivity contribution in [3.05, 3.63) is 34.9 Å². The molecule has 1 saturated carbocycles. The molecule has 20 heavy (non-hydrogen) atoms. The molecule has 1 aromatic heterocycles. The van der Waals surface area contributed by atoms with Gasteiger partial charge in [0.1, 0.15) is 0 Å². The van der Waals surface area contributed by atoms with Crippen LogP contribution in [0, 0.1) is 0 Å². The molecule has 0 saturated heterocycles. The number of halogens is 1. The third kappa shape index (κ3) is 2.77. The van der Waals surface area contributed by atoms with Gasteiger partial charge < -0.3 is 10.2 Å². The van der Waals surface area contributed by atoms with Gasteiger partial charge >= 0.3 is 0 Å². The van der Waals surface area contributed by atoms with Crippen LogP contribution in [-0.4, -0.2) is 35.4 Å². The van der Waals surface area contributed by atoms with Gasteiger partial charge in [-0.3, -0.25) is 9.78 Å². The van der Waals surface area contributed by atoms with Crippen LogP contribution >= 0.6 is 15.9 Å². The molecule has 4 nitrogen and oxygen atoms in total. The molecule has 1 amide bonds. The second-order valence-electron chi connectivity index (χ2n) is 5.12. The Kier molecular flexibility index (Phi) is 3.61. The molecule has 1 fully saturated rings. The van der Waals surface area contributed by atoms with Crippen molar-refractivity contribution in [3.63, 3.8) is 0 Å². The van der Waals surface area contributed by atoms with Gasteiger partial charge in [0, 0.05) is 29.1 Å². The number of carbonyl (C=O) groups is 1. The molecule has 1 heterocycles. The number of hydrogen-bond donors (Lipinski definition) is 1. The SMILES string of the molecule is CN(C(=O)CNc1cccc2cc(Br)cnc12)C1CC1. The molecule has 1 aromatic carbocycles. The summed E-state index contributed by atoms with van der Waals surface area (Å²) in [7, 11) is 1.88. The monoisotopic (exact) mass is 333 g/mol. The van der Waals surface area contributed by atoms with E-state index < -0.39 is 0 Å².